The number of benzene rings is 9. The lowest BCUT2D eigenvalue weighted by atomic mass is 9.86. The maximum Gasteiger partial charge on any atom is 0.0541 e. The van der Waals surface area contributed by atoms with Crippen LogP contribution in [0.4, 0.5) is 0 Å². The zero-order valence-corrected chi connectivity index (χ0v) is 24.5. The molecule has 0 atom stereocenters. The molecule has 1 heterocycles. The van der Waals surface area contributed by atoms with E-state index in [9.17, 15) is 0 Å². The van der Waals surface area contributed by atoms with Gasteiger partial charge in [-0.25, -0.2) is 0 Å². The van der Waals surface area contributed by atoms with E-state index in [1.165, 1.54) is 92.8 Å². The average molecular weight is 570 g/mol. The maximum absolute atomic E-state index is 2.38. The lowest BCUT2D eigenvalue weighted by Gasteiger charge is -2.17. The molecular weight excluding hydrogens is 542 g/mol. The topological polar surface area (TPSA) is 4.93 Å². The fraction of sp³-hybridized carbons (Fsp3) is 0. The van der Waals surface area contributed by atoms with Gasteiger partial charge in [-0.15, -0.1) is 0 Å². The van der Waals surface area contributed by atoms with Gasteiger partial charge in [0.1, 0.15) is 0 Å². The molecule has 9 aromatic carbocycles. The third kappa shape index (κ3) is 3.50. The number of nitrogens with zero attached hydrogens (tertiary/aromatic N) is 1. The Morgan fingerprint density at radius 3 is 1.49 bits per heavy atom. The minimum atomic E-state index is 1.17. The van der Waals surface area contributed by atoms with Crippen molar-refractivity contribution in [1.82, 2.24) is 4.57 Å². The van der Waals surface area contributed by atoms with Gasteiger partial charge in [-0.3, -0.25) is 0 Å². The molecule has 0 spiro atoms. The first-order valence-electron chi connectivity index (χ1n) is 15.6. The van der Waals surface area contributed by atoms with Crippen molar-refractivity contribution in [1.29, 1.82) is 0 Å². The molecule has 0 aliphatic carbocycles. The van der Waals surface area contributed by atoms with E-state index in [4.69, 9.17) is 0 Å². The molecule has 1 nitrogen and oxygen atoms in total. The quantitative estimate of drug-likeness (QED) is 0.187. The summed E-state index contributed by atoms with van der Waals surface area (Å²) in [6, 6.07) is 60.3. The van der Waals surface area contributed by atoms with Crippen LogP contribution >= 0.6 is 0 Å². The molecule has 0 bridgehead atoms. The van der Waals surface area contributed by atoms with E-state index in [1.54, 1.807) is 0 Å². The summed E-state index contributed by atoms with van der Waals surface area (Å²) in [6.07, 6.45) is 0. The molecule has 0 saturated heterocycles. The van der Waals surface area contributed by atoms with Crippen LogP contribution in [0.1, 0.15) is 0 Å². The molecule has 10 rings (SSSR count). The molecule has 0 saturated carbocycles. The van der Waals surface area contributed by atoms with Crippen LogP contribution in [0.25, 0.3) is 92.8 Å². The Balaban J connectivity index is 1.17. The van der Waals surface area contributed by atoms with Gasteiger partial charge in [0.05, 0.1) is 11.0 Å². The van der Waals surface area contributed by atoms with Crippen LogP contribution in [0.5, 0.6) is 0 Å². The summed E-state index contributed by atoms with van der Waals surface area (Å²) in [5.41, 5.74) is 8.70. The summed E-state index contributed by atoms with van der Waals surface area (Å²) in [7, 11) is 0. The van der Waals surface area contributed by atoms with Crippen molar-refractivity contribution in [3.63, 3.8) is 0 Å². The SMILES string of the molecule is c1ccc2c(-c3ccc4ccc5c(-c6ccc(-n7c8ccccc8c8ccccc87)cc6)ccc6ccc3c4c65)cccc2c1. The molecule has 45 heavy (non-hydrogen) atoms. The number of hydrogen-bond donors (Lipinski definition) is 0. The minimum absolute atomic E-state index is 1.17. The monoisotopic (exact) mass is 569 g/mol. The third-order valence-electron chi connectivity index (χ3n) is 9.76. The van der Waals surface area contributed by atoms with Gasteiger partial charge in [-0.1, -0.05) is 140 Å². The highest BCUT2D eigenvalue weighted by Gasteiger charge is 2.16. The number of rotatable bonds is 3. The predicted octanol–water partition coefficient (Wildman–Crippen LogP) is 12.2. The molecule has 0 radical (unpaired) electrons. The van der Waals surface area contributed by atoms with Crippen molar-refractivity contribution >= 4 is 64.9 Å². The fourth-order valence-electron chi connectivity index (χ4n) is 7.74. The van der Waals surface area contributed by atoms with Gasteiger partial charge in [-0.05, 0) is 89.6 Å². The van der Waals surface area contributed by atoms with Crippen molar-refractivity contribution < 1.29 is 0 Å². The van der Waals surface area contributed by atoms with Gasteiger partial charge >= 0.3 is 0 Å². The largest absolute Gasteiger partial charge is 0.309 e. The number of aromatic nitrogens is 1. The molecule has 0 aliphatic heterocycles. The van der Waals surface area contributed by atoms with Gasteiger partial charge in [0.2, 0.25) is 0 Å². The average Bonchev–Trinajstić information content (AvgIpc) is 3.45. The van der Waals surface area contributed by atoms with E-state index in [1.807, 2.05) is 0 Å². The van der Waals surface area contributed by atoms with E-state index in [0.29, 0.717) is 0 Å². The third-order valence-corrected chi connectivity index (χ3v) is 9.76. The smallest absolute Gasteiger partial charge is 0.0541 e. The second-order valence-electron chi connectivity index (χ2n) is 12.1. The maximum atomic E-state index is 2.38. The van der Waals surface area contributed by atoms with Crippen LogP contribution in [0.3, 0.4) is 0 Å². The van der Waals surface area contributed by atoms with Crippen molar-refractivity contribution in [2.75, 3.05) is 0 Å². The van der Waals surface area contributed by atoms with Gasteiger partial charge in [0.15, 0.2) is 0 Å². The van der Waals surface area contributed by atoms with Crippen molar-refractivity contribution in [2.24, 2.45) is 0 Å². The van der Waals surface area contributed by atoms with Gasteiger partial charge in [0.25, 0.3) is 0 Å². The summed E-state index contributed by atoms with van der Waals surface area (Å²) in [4.78, 5) is 0. The lowest BCUT2D eigenvalue weighted by molar-refractivity contribution is 1.18. The minimum Gasteiger partial charge on any atom is -0.309 e. The molecule has 0 aliphatic rings. The summed E-state index contributed by atoms with van der Waals surface area (Å²) in [6.45, 7) is 0. The second kappa shape index (κ2) is 9.29. The van der Waals surface area contributed by atoms with E-state index in [0.717, 1.165) is 0 Å². The second-order valence-corrected chi connectivity index (χ2v) is 12.1. The molecule has 10 aromatic rings. The highest BCUT2D eigenvalue weighted by molar-refractivity contribution is 6.28. The van der Waals surface area contributed by atoms with Gasteiger partial charge in [0, 0.05) is 16.5 Å². The van der Waals surface area contributed by atoms with Crippen LogP contribution in [0.15, 0.2) is 164 Å². The normalized spacial score (nSPS) is 12.0. The standard InChI is InChI=1S/C44H27N/c1-2-10-33-28(8-1)9-7-13-35(33)36-25-19-31-20-26-39-34(24-18-30-21-27-40(36)44(31)43(30)39)29-16-22-32(23-17-29)45-41-14-5-3-11-37(41)38-12-4-6-15-42(38)45/h1-27H. The van der Waals surface area contributed by atoms with Gasteiger partial charge in [-0.2, -0.15) is 0 Å². The summed E-state index contributed by atoms with van der Waals surface area (Å²) < 4.78 is 2.38. The van der Waals surface area contributed by atoms with E-state index in [-0.39, 0.29) is 0 Å². The first kappa shape index (κ1) is 24.5. The van der Waals surface area contributed by atoms with Crippen LogP contribution in [-0.2, 0) is 0 Å². The van der Waals surface area contributed by atoms with E-state index >= 15 is 0 Å². The van der Waals surface area contributed by atoms with Crippen molar-refractivity contribution in [3.05, 3.63) is 164 Å². The molecule has 0 N–H and O–H groups in total. The molecule has 0 amide bonds. The Kier molecular flexibility index (Phi) is 5.06. The number of para-hydroxylation sites is 2. The van der Waals surface area contributed by atoms with Crippen LogP contribution in [-0.4, -0.2) is 4.57 Å². The Morgan fingerprint density at radius 1 is 0.289 bits per heavy atom. The zero-order chi connectivity index (χ0) is 29.5. The van der Waals surface area contributed by atoms with Crippen LogP contribution in [0, 0.1) is 0 Å². The number of hydrogen-bond acceptors (Lipinski definition) is 0. The Bertz CT molecular complexity index is 2690. The van der Waals surface area contributed by atoms with Gasteiger partial charge < -0.3 is 4.57 Å². The summed E-state index contributed by atoms with van der Waals surface area (Å²) in [5, 5.41) is 13.0. The molecule has 208 valence electrons. The number of fused-ring (bicyclic) bond motifs is 4. The van der Waals surface area contributed by atoms with E-state index < -0.39 is 0 Å². The first-order chi connectivity index (χ1) is 22.3. The molecule has 0 fully saturated rings. The Labute approximate surface area is 260 Å². The van der Waals surface area contributed by atoms with Crippen molar-refractivity contribution in [3.8, 4) is 27.9 Å². The first-order valence-corrected chi connectivity index (χ1v) is 15.6. The van der Waals surface area contributed by atoms with E-state index in [2.05, 4.69) is 168 Å². The lowest BCUT2D eigenvalue weighted by Crippen LogP contribution is -1.94. The Morgan fingerprint density at radius 2 is 0.800 bits per heavy atom. The summed E-state index contributed by atoms with van der Waals surface area (Å²) in [5.74, 6) is 0. The van der Waals surface area contributed by atoms with Crippen molar-refractivity contribution in [2.45, 2.75) is 0 Å². The zero-order valence-electron chi connectivity index (χ0n) is 24.5. The highest BCUT2D eigenvalue weighted by atomic mass is 15.0. The molecule has 1 aromatic heterocycles. The fourth-order valence-corrected chi connectivity index (χ4v) is 7.74. The summed E-state index contributed by atoms with van der Waals surface area (Å²) >= 11 is 0. The molecule has 1 heteroatoms. The van der Waals surface area contributed by atoms with Crippen LogP contribution in [0.2, 0.25) is 0 Å². The van der Waals surface area contributed by atoms with Crippen LogP contribution < -0.4 is 0 Å². The molecular formula is C44H27N. The highest BCUT2D eigenvalue weighted by Crippen LogP contribution is 2.43. The Hall–Kier alpha value is -5.92. The molecule has 0 unspecified atom stereocenters. The predicted molar refractivity (Wildman–Crippen MR) is 193 cm³/mol.